The summed E-state index contributed by atoms with van der Waals surface area (Å²) in [5.41, 5.74) is 7.30. The molecule has 1 aliphatic rings. The molecule has 0 radical (unpaired) electrons. The summed E-state index contributed by atoms with van der Waals surface area (Å²) in [5.74, 6) is 0.536. The summed E-state index contributed by atoms with van der Waals surface area (Å²) >= 11 is 0. The lowest BCUT2D eigenvalue weighted by Gasteiger charge is -2.07. The van der Waals surface area contributed by atoms with Gasteiger partial charge in [0, 0.05) is 12.3 Å². The molecule has 9 heteroatoms. The van der Waals surface area contributed by atoms with E-state index >= 15 is 0 Å². The summed E-state index contributed by atoms with van der Waals surface area (Å²) in [6.07, 6.45) is 0.740. The highest BCUT2D eigenvalue weighted by molar-refractivity contribution is 7.93. The molecule has 1 unspecified atom stereocenters. The maximum atomic E-state index is 12.8. The van der Waals surface area contributed by atoms with Crippen molar-refractivity contribution in [3.8, 4) is 0 Å². The van der Waals surface area contributed by atoms with Gasteiger partial charge in [-0.05, 0) is 12.0 Å². The van der Waals surface area contributed by atoms with Crippen molar-refractivity contribution < 1.29 is 4.21 Å². The first-order valence-electron chi connectivity index (χ1n) is 7.57. The van der Waals surface area contributed by atoms with Crippen molar-refractivity contribution in [2.75, 3.05) is 18.0 Å². The summed E-state index contributed by atoms with van der Waals surface area (Å²) < 4.78 is 18.4. The summed E-state index contributed by atoms with van der Waals surface area (Å²) in [4.78, 5) is 23.5. The average Bonchev–Trinajstić information content (AvgIpc) is 3.15. The van der Waals surface area contributed by atoms with Gasteiger partial charge < -0.3 is 10.7 Å². The summed E-state index contributed by atoms with van der Waals surface area (Å²) in [6.45, 7) is 0.873. The van der Waals surface area contributed by atoms with Gasteiger partial charge >= 0.3 is 5.69 Å². The van der Waals surface area contributed by atoms with Gasteiger partial charge in [-0.2, -0.15) is 4.98 Å². The van der Waals surface area contributed by atoms with Crippen LogP contribution in [-0.2, 0) is 16.3 Å². The van der Waals surface area contributed by atoms with Gasteiger partial charge in [0.25, 0.3) is 0 Å². The molecule has 0 spiro atoms. The van der Waals surface area contributed by atoms with Gasteiger partial charge in [-0.25, -0.2) is 18.4 Å². The lowest BCUT2D eigenvalue weighted by atomic mass is 10.2. The van der Waals surface area contributed by atoms with Crippen molar-refractivity contribution >= 4 is 26.7 Å². The van der Waals surface area contributed by atoms with Crippen LogP contribution in [0.5, 0.6) is 0 Å². The number of fused-ring (bicyclic) bond motifs is 1. The molecule has 1 aromatic carbocycles. The van der Waals surface area contributed by atoms with Crippen LogP contribution in [0.4, 0.5) is 5.82 Å². The Bertz CT molecular complexity index is 1090. The highest BCUT2D eigenvalue weighted by Gasteiger charge is 2.23. The number of benzene rings is 1. The van der Waals surface area contributed by atoms with Crippen LogP contribution in [0.15, 0.2) is 44.6 Å². The highest BCUT2D eigenvalue weighted by atomic mass is 32.2. The lowest BCUT2D eigenvalue weighted by Crippen LogP contribution is -2.18. The van der Waals surface area contributed by atoms with E-state index in [1.54, 1.807) is 0 Å². The van der Waals surface area contributed by atoms with Crippen LogP contribution < -0.4 is 11.4 Å². The molecule has 3 N–H and O–H groups in total. The smallest absolute Gasteiger partial charge is 0.328 e. The monoisotopic (exact) mass is 344 g/mol. The van der Waals surface area contributed by atoms with E-state index in [2.05, 4.69) is 19.3 Å². The van der Waals surface area contributed by atoms with Crippen molar-refractivity contribution in [2.45, 2.75) is 18.1 Å². The standard InChI is InChI=1S/C15H16N6O2S/c16-12-11-13(20-14(19-12)24(23)8-4-7-17-24)21(15(22)18-11)9-10-5-2-1-3-6-10/h1-3,5-6H,4,7-9H2,(H,18,22)(H2,16,19,20). The third-order valence-corrected chi connectivity index (χ3v) is 6.17. The Kier molecular flexibility index (Phi) is 3.38. The summed E-state index contributed by atoms with van der Waals surface area (Å²) in [5, 5.41) is 0.116. The molecule has 24 heavy (non-hydrogen) atoms. The zero-order chi connectivity index (χ0) is 16.7. The molecule has 0 bridgehead atoms. The van der Waals surface area contributed by atoms with Gasteiger partial charge in [-0.1, -0.05) is 30.3 Å². The van der Waals surface area contributed by atoms with Crippen LogP contribution in [0.25, 0.3) is 11.2 Å². The number of nitrogens with two attached hydrogens (primary N) is 1. The number of rotatable bonds is 3. The van der Waals surface area contributed by atoms with Crippen molar-refractivity contribution in [3.63, 3.8) is 0 Å². The molecule has 0 fully saturated rings. The Morgan fingerprint density at radius 2 is 2.04 bits per heavy atom. The van der Waals surface area contributed by atoms with E-state index in [0.717, 1.165) is 12.0 Å². The Morgan fingerprint density at radius 3 is 2.75 bits per heavy atom. The van der Waals surface area contributed by atoms with Crippen LogP contribution in [-0.4, -0.2) is 36.0 Å². The van der Waals surface area contributed by atoms with E-state index in [9.17, 15) is 9.00 Å². The molecule has 124 valence electrons. The van der Waals surface area contributed by atoms with Crippen LogP contribution in [0.1, 0.15) is 12.0 Å². The number of imidazole rings is 1. The number of hydrogen-bond donors (Lipinski definition) is 2. The van der Waals surface area contributed by atoms with E-state index in [1.807, 2.05) is 30.3 Å². The van der Waals surface area contributed by atoms with Crippen LogP contribution in [0.2, 0.25) is 0 Å². The van der Waals surface area contributed by atoms with Crippen LogP contribution >= 0.6 is 0 Å². The predicted molar refractivity (Wildman–Crippen MR) is 91.3 cm³/mol. The van der Waals surface area contributed by atoms with Crippen LogP contribution in [0, 0.1) is 0 Å². The van der Waals surface area contributed by atoms with Crippen molar-refractivity contribution in [3.05, 3.63) is 46.4 Å². The average molecular weight is 344 g/mol. The third-order valence-electron chi connectivity index (χ3n) is 3.98. The van der Waals surface area contributed by atoms with E-state index in [4.69, 9.17) is 5.73 Å². The topological polar surface area (TPSA) is 119 Å². The van der Waals surface area contributed by atoms with Gasteiger partial charge in [0.2, 0.25) is 5.16 Å². The molecule has 2 aromatic heterocycles. The van der Waals surface area contributed by atoms with Crippen molar-refractivity contribution in [1.82, 2.24) is 19.5 Å². The fourth-order valence-corrected chi connectivity index (χ4v) is 4.61. The number of aromatic amines is 1. The maximum Gasteiger partial charge on any atom is 0.328 e. The number of nitrogens with zero attached hydrogens (tertiary/aromatic N) is 4. The van der Waals surface area contributed by atoms with E-state index in [-0.39, 0.29) is 16.7 Å². The first kappa shape index (κ1) is 14.9. The van der Waals surface area contributed by atoms with E-state index in [0.29, 0.717) is 30.0 Å². The molecule has 4 rings (SSSR count). The second-order valence-corrected chi connectivity index (χ2v) is 7.96. The molecule has 3 aromatic rings. The fourth-order valence-electron chi connectivity index (χ4n) is 2.77. The van der Waals surface area contributed by atoms with Gasteiger partial charge in [0.1, 0.15) is 15.2 Å². The second kappa shape index (κ2) is 5.45. The minimum Gasteiger partial charge on any atom is -0.382 e. The molecule has 0 amide bonds. The van der Waals surface area contributed by atoms with E-state index < -0.39 is 9.73 Å². The quantitative estimate of drug-likeness (QED) is 0.687. The molecule has 0 aliphatic carbocycles. The summed E-state index contributed by atoms with van der Waals surface area (Å²) in [7, 11) is -2.63. The van der Waals surface area contributed by atoms with Crippen LogP contribution in [0.3, 0.4) is 0 Å². The Labute approximate surface area is 137 Å². The summed E-state index contributed by atoms with van der Waals surface area (Å²) in [6, 6.07) is 9.55. The van der Waals surface area contributed by atoms with Crippen molar-refractivity contribution in [1.29, 1.82) is 0 Å². The molecular formula is C15H16N6O2S. The van der Waals surface area contributed by atoms with Crippen molar-refractivity contribution in [2.24, 2.45) is 4.36 Å². The Hall–Kier alpha value is -2.68. The van der Waals surface area contributed by atoms with Gasteiger partial charge in [-0.3, -0.25) is 4.57 Å². The number of H-pyrrole nitrogens is 1. The highest BCUT2D eigenvalue weighted by Crippen LogP contribution is 2.22. The molecular weight excluding hydrogens is 328 g/mol. The molecule has 8 nitrogen and oxygen atoms in total. The zero-order valence-corrected chi connectivity index (χ0v) is 13.6. The van der Waals surface area contributed by atoms with Gasteiger partial charge in [-0.15, -0.1) is 0 Å². The Morgan fingerprint density at radius 1 is 1.25 bits per heavy atom. The maximum absolute atomic E-state index is 12.8. The normalized spacial score (nSPS) is 20.3. The first-order valence-corrected chi connectivity index (χ1v) is 9.26. The largest absolute Gasteiger partial charge is 0.382 e. The second-order valence-electron chi connectivity index (χ2n) is 5.64. The molecule has 0 saturated carbocycles. The minimum absolute atomic E-state index is 0.115. The Balaban J connectivity index is 1.91. The van der Waals surface area contributed by atoms with Gasteiger partial charge in [0.15, 0.2) is 11.5 Å². The lowest BCUT2D eigenvalue weighted by molar-refractivity contribution is 0.671. The number of anilines is 1. The predicted octanol–water partition coefficient (Wildman–Crippen LogP) is 0.981. The van der Waals surface area contributed by atoms with Gasteiger partial charge in [0.05, 0.1) is 6.54 Å². The molecule has 1 aliphatic heterocycles. The number of aromatic nitrogens is 4. The third kappa shape index (κ3) is 2.37. The van der Waals surface area contributed by atoms with E-state index in [1.165, 1.54) is 4.57 Å². The molecule has 0 saturated heterocycles. The number of hydrogen-bond acceptors (Lipinski definition) is 6. The number of nitrogen functional groups attached to an aromatic ring is 1. The number of nitrogens with one attached hydrogen (secondary N) is 1. The first-order chi connectivity index (χ1) is 11.6. The minimum atomic E-state index is -2.63. The fraction of sp³-hybridized carbons (Fsp3) is 0.267. The molecule has 1 atom stereocenters. The SMILES string of the molecule is Nc1nc(S2(=O)=NCCC2)nc2c1[nH]c(=O)n2Cc1ccccc1. The molecule has 3 heterocycles. The zero-order valence-electron chi connectivity index (χ0n) is 12.8.